The molecule has 3 atom stereocenters. The third-order valence-corrected chi connectivity index (χ3v) is 3.77. The molecule has 0 aromatic heterocycles. The van der Waals surface area contributed by atoms with Gasteiger partial charge in [0.2, 0.25) is 0 Å². The highest BCUT2D eigenvalue weighted by Crippen LogP contribution is 2.26. The zero-order chi connectivity index (χ0) is 13.7. The molecule has 0 saturated heterocycles. The summed E-state index contributed by atoms with van der Waals surface area (Å²) in [6.45, 7) is 8.46. The van der Waals surface area contributed by atoms with Crippen molar-refractivity contribution < 1.29 is 0 Å². The van der Waals surface area contributed by atoms with Gasteiger partial charge in [0, 0.05) is 0 Å². The SMILES string of the molecule is CC(CN)c1cc(C(C)CN)cc(C(C)CN)c1. The lowest BCUT2D eigenvalue weighted by molar-refractivity contribution is 0.727. The van der Waals surface area contributed by atoms with Crippen LogP contribution in [-0.2, 0) is 0 Å². The molecule has 0 aliphatic rings. The largest absolute Gasteiger partial charge is 0.330 e. The molecule has 3 unspecified atom stereocenters. The van der Waals surface area contributed by atoms with Crippen LogP contribution in [0.5, 0.6) is 0 Å². The van der Waals surface area contributed by atoms with Crippen LogP contribution in [0.3, 0.4) is 0 Å². The zero-order valence-electron chi connectivity index (χ0n) is 11.8. The minimum Gasteiger partial charge on any atom is -0.330 e. The lowest BCUT2D eigenvalue weighted by Crippen LogP contribution is -2.15. The second-order valence-corrected chi connectivity index (χ2v) is 5.34. The molecule has 0 spiro atoms. The molecule has 3 nitrogen and oxygen atoms in total. The van der Waals surface area contributed by atoms with E-state index in [4.69, 9.17) is 17.2 Å². The topological polar surface area (TPSA) is 78.1 Å². The maximum atomic E-state index is 5.77. The number of rotatable bonds is 6. The fourth-order valence-corrected chi connectivity index (χ4v) is 1.96. The van der Waals surface area contributed by atoms with Crippen LogP contribution >= 0.6 is 0 Å². The van der Waals surface area contributed by atoms with Crippen LogP contribution in [0, 0.1) is 0 Å². The van der Waals surface area contributed by atoms with Crippen molar-refractivity contribution in [1.82, 2.24) is 0 Å². The van der Waals surface area contributed by atoms with Crippen molar-refractivity contribution in [3.8, 4) is 0 Å². The molecule has 6 N–H and O–H groups in total. The van der Waals surface area contributed by atoms with Crippen molar-refractivity contribution in [2.45, 2.75) is 38.5 Å². The highest BCUT2D eigenvalue weighted by molar-refractivity contribution is 5.36. The van der Waals surface area contributed by atoms with Gasteiger partial charge in [0.1, 0.15) is 0 Å². The quantitative estimate of drug-likeness (QED) is 0.720. The third-order valence-electron chi connectivity index (χ3n) is 3.77. The first kappa shape index (κ1) is 15.2. The van der Waals surface area contributed by atoms with E-state index in [0.717, 1.165) is 0 Å². The molecule has 0 heterocycles. The summed E-state index contributed by atoms with van der Waals surface area (Å²) in [6, 6.07) is 6.71. The Morgan fingerprint density at radius 1 is 0.667 bits per heavy atom. The van der Waals surface area contributed by atoms with Gasteiger partial charge in [0.05, 0.1) is 0 Å². The Kier molecular flexibility index (Phi) is 5.79. The zero-order valence-corrected chi connectivity index (χ0v) is 11.8. The minimum absolute atomic E-state index is 0.374. The van der Waals surface area contributed by atoms with Gasteiger partial charge in [-0.2, -0.15) is 0 Å². The van der Waals surface area contributed by atoms with Crippen molar-refractivity contribution in [2.24, 2.45) is 17.2 Å². The third kappa shape index (κ3) is 3.55. The summed E-state index contributed by atoms with van der Waals surface area (Å²) in [7, 11) is 0. The van der Waals surface area contributed by atoms with Crippen LogP contribution in [0.1, 0.15) is 55.2 Å². The first-order chi connectivity index (χ1) is 8.53. The molecule has 0 amide bonds. The number of hydrogen-bond acceptors (Lipinski definition) is 3. The highest BCUT2D eigenvalue weighted by atomic mass is 14.6. The number of nitrogens with two attached hydrogens (primary N) is 3. The van der Waals surface area contributed by atoms with Gasteiger partial charge in [-0.1, -0.05) is 39.0 Å². The van der Waals surface area contributed by atoms with E-state index >= 15 is 0 Å². The Balaban J connectivity index is 3.19. The maximum Gasteiger partial charge on any atom is -0.00109 e. The summed E-state index contributed by atoms with van der Waals surface area (Å²) in [4.78, 5) is 0. The molecule has 3 heteroatoms. The van der Waals surface area contributed by atoms with Gasteiger partial charge in [-0.15, -0.1) is 0 Å². The highest BCUT2D eigenvalue weighted by Gasteiger charge is 2.13. The Morgan fingerprint density at radius 2 is 0.889 bits per heavy atom. The molecule has 0 aliphatic carbocycles. The normalized spacial score (nSPS) is 16.3. The lowest BCUT2D eigenvalue weighted by Gasteiger charge is -2.19. The number of hydrogen-bond donors (Lipinski definition) is 3. The first-order valence-electron chi connectivity index (χ1n) is 6.78. The van der Waals surface area contributed by atoms with Gasteiger partial charge in [-0.25, -0.2) is 0 Å². The summed E-state index contributed by atoms with van der Waals surface area (Å²) >= 11 is 0. The molecule has 102 valence electrons. The predicted octanol–water partition coefficient (Wildman–Crippen LogP) is 1.87. The Bertz CT molecular complexity index is 307. The van der Waals surface area contributed by atoms with E-state index < -0.39 is 0 Å². The standard InChI is InChI=1S/C15H27N3/c1-10(7-16)13-4-14(11(2)8-17)6-15(5-13)12(3)9-18/h4-6,10-12H,7-9,16-18H2,1-3H3. The lowest BCUT2D eigenvalue weighted by atomic mass is 9.88. The molecular weight excluding hydrogens is 222 g/mol. The Morgan fingerprint density at radius 3 is 1.06 bits per heavy atom. The molecule has 0 aliphatic heterocycles. The van der Waals surface area contributed by atoms with Gasteiger partial charge in [-0.05, 0) is 54.1 Å². The predicted molar refractivity (Wildman–Crippen MR) is 78.9 cm³/mol. The molecule has 1 aromatic rings. The van der Waals surface area contributed by atoms with Crippen LogP contribution in [0.4, 0.5) is 0 Å². The summed E-state index contributed by atoms with van der Waals surface area (Å²) in [5.74, 6) is 1.12. The van der Waals surface area contributed by atoms with Gasteiger partial charge in [0.25, 0.3) is 0 Å². The van der Waals surface area contributed by atoms with Crippen molar-refractivity contribution in [3.05, 3.63) is 34.9 Å². The van der Waals surface area contributed by atoms with Gasteiger partial charge in [-0.3, -0.25) is 0 Å². The molecule has 0 radical (unpaired) electrons. The summed E-state index contributed by atoms with van der Waals surface area (Å²) < 4.78 is 0. The van der Waals surface area contributed by atoms with Crippen LogP contribution in [0.15, 0.2) is 18.2 Å². The van der Waals surface area contributed by atoms with E-state index in [0.29, 0.717) is 37.4 Å². The molecule has 1 rings (SSSR count). The van der Waals surface area contributed by atoms with Gasteiger partial charge < -0.3 is 17.2 Å². The van der Waals surface area contributed by atoms with Crippen molar-refractivity contribution in [2.75, 3.05) is 19.6 Å². The first-order valence-corrected chi connectivity index (χ1v) is 6.78. The average Bonchev–Trinajstić information content (AvgIpc) is 2.43. The van der Waals surface area contributed by atoms with Gasteiger partial charge in [0.15, 0.2) is 0 Å². The maximum absolute atomic E-state index is 5.77. The summed E-state index contributed by atoms with van der Waals surface area (Å²) in [6.07, 6.45) is 0. The molecular formula is C15H27N3. The van der Waals surface area contributed by atoms with E-state index in [1.54, 1.807) is 0 Å². The van der Waals surface area contributed by atoms with Crippen LogP contribution in [-0.4, -0.2) is 19.6 Å². The number of benzene rings is 1. The van der Waals surface area contributed by atoms with E-state index in [1.165, 1.54) is 16.7 Å². The summed E-state index contributed by atoms with van der Waals surface area (Å²) in [5.41, 5.74) is 21.2. The molecule has 1 aromatic carbocycles. The summed E-state index contributed by atoms with van der Waals surface area (Å²) in [5, 5.41) is 0. The van der Waals surface area contributed by atoms with Crippen molar-refractivity contribution >= 4 is 0 Å². The Labute approximate surface area is 111 Å². The molecule has 18 heavy (non-hydrogen) atoms. The van der Waals surface area contributed by atoms with Crippen molar-refractivity contribution in [1.29, 1.82) is 0 Å². The van der Waals surface area contributed by atoms with E-state index in [9.17, 15) is 0 Å². The second-order valence-electron chi connectivity index (χ2n) is 5.34. The van der Waals surface area contributed by atoms with Gasteiger partial charge >= 0.3 is 0 Å². The molecule has 0 bridgehead atoms. The average molecular weight is 249 g/mol. The monoisotopic (exact) mass is 249 g/mol. The fourth-order valence-electron chi connectivity index (χ4n) is 1.96. The minimum atomic E-state index is 0.374. The van der Waals surface area contributed by atoms with Crippen molar-refractivity contribution in [3.63, 3.8) is 0 Å². The van der Waals surface area contributed by atoms with E-state index in [1.807, 2.05) is 0 Å². The smallest absolute Gasteiger partial charge is 0.00109 e. The van der Waals surface area contributed by atoms with E-state index in [-0.39, 0.29) is 0 Å². The van der Waals surface area contributed by atoms with Crippen LogP contribution in [0.2, 0.25) is 0 Å². The fraction of sp³-hybridized carbons (Fsp3) is 0.600. The molecule has 0 saturated carbocycles. The molecule has 0 fully saturated rings. The van der Waals surface area contributed by atoms with E-state index in [2.05, 4.69) is 39.0 Å². The van der Waals surface area contributed by atoms with Crippen LogP contribution in [0.25, 0.3) is 0 Å². The Hall–Kier alpha value is -0.900. The van der Waals surface area contributed by atoms with Crippen LogP contribution < -0.4 is 17.2 Å². The second kappa shape index (κ2) is 6.88.